The van der Waals surface area contributed by atoms with Gasteiger partial charge in [-0.2, -0.15) is 0 Å². The normalized spacial score (nSPS) is 10.3. The van der Waals surface area contributed by atoms with E-state index in [2.05, 4.69) is 0 Å². The number of hydrogen-bond acceptors (Lipinski definition) is 5. The first-order valence-electron chi connectivity index (χ1n) is 7.73. The maximum absolute atomic E-state index is 12.1. The van der Waals surface area contributed by atoms with E-state index in [1.54, 1.807) is 24.3 Å². The molecule has 0 fully saturated rings. The third-order valence-electron chi connectivity index (χ3n) is 3.60. The Hall–Kier alpha value is -2.24. The summed E-state index contributed by atoms with van der Waals surface area (Å²) in [6.07, 6.45) is 0. The lowest BCUT2D eigenvalue weighted by Gasteiger charge is -2.12. The highest BCUT2D eigenvalue weighted by molar-refractivity contribution is 6.32. The first kappa shape index (κ1) is 20.1. The first-order chi connectivity index (χ1) is 12.3. The molecule has 0 saturated heterocycles. The molecule has 0 heterocycles. The number of aryl methyl sites for hydroxylation is 2. The van der Waals surface area contributed by atoms with Crippen LogP contribution in [0.15, 0.2) is 30.3 Å². The number of methoxy groups -OCH3 is 1. The summed E-state index contributed by atoms with van der Waals surface area (Å²) in [5.41, 5.74) is 1.95. The van der Waals surface area contributed by atoms with Gasteiger partial charge in [0.15, 0.2) is 19.0 Å². The quantitative estimate of drug-likeness (QED) is 0.511. The Bertz CT molecular complexity index is 810. The van der Waals surface area contributed by atoms with E-state index in [4.69, 9.17) is 37.4 Å². The summed E-state index contributed by atoms with van der Waals surface area (Å²) in [7, 11) is 1.48. The van der Waals surface area contributed by atoms with Gasteiger partial charge >= 0.3 is 5.97 Å². The highest BCUT2D eigenvalue weighted by atomic mass is 35.5. The molecule has 0 N–H and O–H groups in total. The SMILES string of the molecule is COc1ccc(C(=O)COC(=O)COc2c(C)cc(Cl)cc2C)cc1Cl. The standard InChI is InChI=1S/C19H18Cl2O5/c1-11-6-14(20)7-12(2)19(11)26-10-18(23)25-9-16(22)13-4-5-17(24-3)15(21)8-13/h4-8H,9-10H2,1-3H3. The Kier molecular flexibility index (Phi) is 6.89. The number of carbonyl (C=O) groups is 2. The summed E-state index contributed by atoms with van der Waals surface area (Å²) in [5, 5.41) is 0.903. The molecule has 0 aliphatic heterocycles. The van der Waals surface area contributed by atoms with E-state index in [0.717, 1.165) is 11.1 Å². The molecule has 0 atom stereocenters. The predicted octanol–water partition coefficient (Wildman–Crippen LogP) is 4.42. The number of ether oxygens (including phenoxy) is 3. The van der Waals surface area contributed by atoms with E-state index in [1.165, 1.54) is 13.2 Å². The lowest BCUT2D eigenvalue weighted by Crippen LogP contribution is -2.20. The van der Waals surface area contributed by atoms with Crippen molar-refractivity contribution in [3.63, 3.8) is 0 Å². The number of halogens is 2. The predicted molar refractivity (Wildman–Crippen MR) is 99.7 cm³/mol. The van der Waals surface area contributed by atoms with E-state index >= 15 is 0 Å². The maximum atomic E-state index is 12.1. The van der Waals surface area contributed by atoms with Crippen LogP contribution in [0.25, 0.3) is 0 Å². The zero-order valence-corrected chi connectivity index (χ0v) is 16.1. The molecule has 2 aromatic rings. The van der Waals surface area contributed by atoms with Gasteiger partial charge in [0.2, 0.25) is 0 Å². The number of esters is 1. The molecule has 2 rings (SSSR count). The minimum absolute atomic E-state index is 0.306. The van der Waals surface area contributed by atoms with Crippen LogP contribution in [0.4, 0.5) is 0 Å². The van der Waals surface area contributed by atoms with Crippen LogP contribution >= 0.6 is 23.2 Å². The number of ketones is 1. The van der Waals surface area contributed by atoms with Crippen molar-refractivity contribution in [2.45, 2.75) is 13.8 Å². The lowest BCUT2D eigenvalue weighted by atomic mass is 10.1. The molecular formula is C19H18Cl2O5. The van der Waals surface area contributed by atoms with Gasteiger partial charge in [0.05, 0.1) is 12.1 Å². The smallest absolute Gasteiger partial charge is 0.344 e. The van der Waals surface area contributed by atoms with Crippen LogP contribution in [0.3, 0.4) is 0 Å². The van der Waals surface area contributed by atoms with Crippen molar-refractivity contribution in [3.05, 3.63) is 57.1 Å². The molecule has 0 bridgehead atoms. The average Bonchev–Trinajstić information content (AvgIpc) is 2.58. The number of hydrogen-bond donors (Lipinski definition) is 0. The van der Waals surface area contributed by atoms with E-state index in [1.807, 2.05) is 13.8 Å². The van der Waals surface area contributed by atoms with Crippen molar-refractivity contribution in [2.75, 3.05) is 20.3 Å². The molecule has 5 nitrogen and oxygen atoms in total. The zero-order valence-electron chi connectivity index (χ0n) is 14.6. The van der Waals surface area contributed by atoms with Crippen molar-refractivity contribution >= 4 is 35.0 Å². The summed E-state index contributed by atoms with van der Waals surface area (Å²) in [5.74, 6) is 0.00962. The lowest BCUT2D eigenvalue weighted by molar-refractivity contribution is -0.144. The Morgan fingerprint density at radius 3 is 2.23 bits per heavy atom. The topological polar surface area (TPSA) is 61.8 Å². The van der Waals surface area contributed by atoms with Crippen LogP contribution < -0.4 is 9.47 Å². The highest BCUT2D eigenvalue weighted by Crippen LogP contribution is 2.27. The highest BCUT2D eigenvalue weighted by Gasteiger charge is 2.14. The van der Waals surface area contributed by atoms with Gasteiger partial charge in [0, 0.05) is 10.6 Å². The largest absolute Gasteiger partial charge is 0.495 e. The van der Waals surface area contributed by atoms with E-state index in [0.29, 0.717) is 27.1 Å². The third kappa shape index (κ3) is 5.13. The van der Waals surface area contributed by atoms with Crippen LogP contribution in [0.5, 0.6) is 11.5 Å². The second kappa shape index (κ2) is 8.92. The molecule has 0 aliphatic rings. The fourth-order valence-electron chi connectivity index (χ4n) is 2.37. The number of Topliss-reactive ketones (excluding diaryl/α,β-unsaturated/α-hetero) is 1. The monoisotopic (exact) mass is 396 g/mol. The van der Waals surface area contributed by atoms with Gasteiger partial charge in [-0.05, 0) is 55.3 Å². The summed E-state index contributed by atoms with van der Waals surface area (Å²) in [6.45, 7) is 2.95. The Labute approximate surface area is 161 Å². The molecule has 138 valence electrons. The van der Waals surface area contributed by atoms with Gasteiger partial charge in [-0.3, -0.25) is 4.79 Å². The first-order valence-corrected chi connectivity index (χ1v) is 8.49. The molecular weight excluding hydrogens is 379 g/mol. The Morgan fingerprint density at radius 2 is 1.65 bits per heavy atom. The van der Waals surface area contributed by atoms with Crippen molar-refractivity contribution in [1.82, 2.24) is 0 Å². The van der Waals surface area contributed by atoms with Crippen LogP contribution in [0.2, 0.25) is 10.0 Å². The minimum Gasteiger partial charge on any atom is -0.495 e. The molecule has 0 unspecified atom stereocenters. The van der Waals surface area contributed by atoms with Gasteiger partial charge in [-0.1, -0.05) is 23.2 Å². The van der Waals surface area contributed by atoms with Crippen molar-refractivity contribution in [2.24, 2.45) is 0 Å². The molecule has 2 aromatic carbocycles. The average molecular weight is 397 g/mol. The number of benzene rings is 2. The van der Waals surface area contributed by atoms with Gasteiger partial charge in [-0.25, -0.2) is 4.79 Å². The van der Waals surface area contributed by atoms with Gasteiger partial charge in [0.25, 0.3) is 0 Å². The second-order valence-electron chi connectivity index (χ2n) is 5.59. The molecule has 7 heteroatoms. The van der Waals surface area contributed by atoms with Gasteiger partial charge in [0.1, 0.15) is 11.5 Å². The van der Waals surface area contributed by atoms with E-state index < -0.39 is 12.6 Å². The molecule has 0 aliphatic carbocycles. The third-order valence-corrected chi connectivity index (χ3v) is 4.11. The van der Waals surface area contributed by atoms with Crippen LogP contribution in [0, 0.1) is 13.8 Å². The minimum atomic E-state index is -0.647. The molecule has 26 heavy (non-hydrogen) atoms. The van der Waals surface area contributed by atoms with E-state index in [9.17, 15) is 9.59 Å². The van der Waals surface area contributed by atoms with Crippen molar-refractivity contribution in [3.8, 4) is 11.5 Å². The maximum Gasteiger partial charge on any atom is 0.344 e. The van der Waals surface area contributed by atoms with Gasteiger partial charge in [-0.15, -0.1) is 0 Å². The Balaban J connectivity index is 1.89. The van der Waals surface area contributed by atoms with Crippen LogP contribution in [-0.4, -0.2) is 32.1 Å². The molecule has 0 radical (unpaired) electrons. The fraction of sp³-hybridized carbons (Fsp3) is 0.263. The summed E-state index contributed by atoms with van der Waals surface area (Å²) in [6, 6.07) is 8.08. The number of rotatable bonds is 7. The van der Waals surface area contributed by atoms with Crippen LogP contribution in [0.1, 0.15) is 21.5 Å². The van der Waals surface area contributed by atoms with Crippen LogP contribution in [-0.2, 0) is 9.53 Å². The molecule has 0 aromatic heterocycles. The van der Waals surface area contributed by atoms with Crippen molar-refractivity contribution in [1.29, 1.82) is 0 Å². The summed E-state index contributed by atoms with van der Waals surface area (Å²) >= 11 is 11.9. The van der Waals surface area contributed by atoms with E-state index in [-0.39, 0.29) is 12.4 Å². The second-order valence-corrected chi connectivity index (χ2v) is 6.43. The summed E-state index contributed by atoms with van der Waals surface area (Å²) < 4.78 is 15.5. The zero-order chi connectivity index (χ0) is 19.3. The molecule has 0 spiro atoms. The molecule has 0 amide bonds. The summed E-state index contributed by atoms with van der Waals surface area (Å²) in [4.78, 5) is 23.9. The Morgan fingerprint density at radius 1 is 1.00 bits per heavy atom. The van der Waals surface area contributed by atoms with Gasteiger partial charge < -0.3 is 14.2 Å². The fourth-order valence-corrected chi connectivity index (χ4v) is 2.95. The van der Waals surface area contributed by atoms with Crippen molar-refractivity contribution < 1.29 is 23.8 Å². The number of carbonyl (C=O) groups excluding carboxylic acids is 2. The molecule has 0 saturated carbocycles.